The first kappa shape index (κ1) is 11.8. The van der Waals surface area contributed by atoms with E-state index in [2.05, 4.69) is 22.4 Å². The van der Waals surface area contributed by atoms with E-state index < -0.39 is 0 Å². The van der Waals surface area contributed by atoms with Gasteiger partial charge in [-0.2, -0.15) is 0 Å². The lowest BCUT2D eigenvalue weighted by molar-refractivity contribution is 0.0699. The van der Waals surface area contributed by atoms with Crippen LogP contribution in [0.15, 0.2) is 5.16 Å². The Morgan fingerprint density at radius 2 is 2.44 bits per heavy atom. The van der Waals surface area contributed by atoms with E-state index in [-0.39, 0.29) is 6.61 Å². The molecule has 0 bridgehead atoms. The van der Waals surface area contributed by atoms with E-state index in [1.807, 2.05) is 0 Å². The monoisotopic (exact) mass is 244 g/mol. The molecule has 2 atom stereocenters. The highest BCUT2D eigenvalue weighted by atomic mass is 32.2. The summed E-state index contributed by atoms with van der Waals surface area (Å²) in [5, 5.41) is 20.9. The van der Waals surface area contributed by atoms with E-state index in [0.717, 1.165) is 23.8 Å². The zero-order chi connectivity index (χ0) is 11.4. The van der Waals surface area contributed by atoms with Crippen molar-refractivity contribution < 1.29 is 9.84 Å². The second-order valence-corrected chi connectivity index (χ2v) is 4.85. The number of aromatic nitrogens is 4. The van der Waals surface area contributed by atoms with Gasteiger partial charge in [0.15, 0.2) is 0 Å². The predicted octanol–water partition coefficient (Wildman–Crippen LogP) is 0.325. The van der Waals surface area contributed by atoms with Gasteiger partial charge in [0.1, 0.15) is 0 Å². The van der Waals surface area contributed by atoms with E-state index >= 15 is 0 Å². The molecule has 1 N–H and O–H groups in total. The summed E-state index contributed by atoms with van der Waals surface area (Å²) in [5.41, 5.74) is 0. The Bertz CT molecular complexity index is 333. The van der Waals surface area contributed by atoms with Crippen LogP contribution in [0.4, 0.5) is 0 Å². The molecule has 0 aliphatic carbocycles. The Balaban J connectivity index is 1.82. The Labute approximate surface area is 98.4 Å². The highest BCUT2D eigenvalue weighted by Crippen LogP contribution is 2.24. The average Bonchev–Trinajstić information content (AvgIpc) is 2.85. The van der Waals surface area contributed by atoms with Crippen molar-refractivity contribution in [1.29, 1.82) is 0 Å². The van der Waals surface area contributed by atoms with Crippen LogP contribution < -0.4 is 0 Å². The maximum absolute atomic E-state index is 8.83. The van der Waals surface area contributed by atoms with Crippen LogP contribution in [0.3, 0.4) is 0 Å². The van der Waals surface area contributed by atoms with Crippen molar-refractivity contribution in [2.24, 2.45) is 0 Å². The van der Waals surface area contributed by atoms with Crippen molar-refractivity contribution >= 4 is 11.8 Å². The van der Waals surface area contributed by atoms with Crippen LogP contribution in [0, 0.1) is 0 Å². The highest BCUT2D eigenvalue weighted by molar-refractivity contribution is 7.99. The maximum atomic E-state index is 8.83. The predicted molar refractivity (Wildman–Crippen MR) is 59.2 cm³/mol. The van der Waals surface area contributed by atoms with Crippen LogP contribution in [-0.4, -0.2) is 49.9 Å². The number of hydrogen-bond donors (Lipinski definition) is 1. The summed E-state index contributed by atoms with van der Waals surface area (Å²) < 4.78 is 7.33. The summed E-state index contributed by atoms with van der Waals surface area (Å²) >= 11 is 1.58. The number of ether oxygens (including phenoxy) is 1. The average molecular weight is 244 g/mol. The third kappa shape index (κ3) is 2.93. The lowest BCUT2D eigenvalue weighted by Gasteiger charge is -2.09. The third-order valence-corrected chi connectivity index (χ3v) is 3.62. The fourth-order valence-corrected chi connectivity index (χ4v) is 2.66. The molecule has 0 spiro atoms. The Kier molecular flexibility index (Phi) is 4.14. The first-order valence-corrected chi connectivity index (χ1v) is 6.43. The largest absolute Gasteiger partial charge is 0.394 e. The van der Waals surface area contributed by atoms with Crippen LogP contribution in [0.25, 0.3) is 0 Å². The van der Waals surface area contributed by atoms with Gasteiger partial charge in [-0.25, -0.2) is 4.68 Å². The quantitative estimate of drug-likeness (QED) is 0.752. The molecule has 0 aromatic carbocycles. The Morgan fingerprint density at radius 3 is 3.12 bits per heavy atom. The minimum absolute atomic E-state index is 0.0512. The molecule has 1 aromatic heterocycles. The molecule has 16 heavy (non-hydrogen) atoms. The zero-order valence-corrected chi connectivity index (χ0v) is 10.1. The van der Waals surface area contributed by atoms with Crippen molar-refractivity contribution in [2.75, 3.05) is 12.4 Å². The highest BCUT2D eigenvalue weighted by Gasteiger charge is 2.22. The number of rotatable bonds is 5. The smallest absolute Gasteiger partial charge is 0.209 e. The number of tetrazole rings is 1. The van der Waals surface area contributed by atoms with Crippen molar-refractivity contribution in [3.05, 3.63) is 0 Å². The van der Waals surface area contributed by atoms with Gasteiger partial charge in [0.25, 0.3) is 0 Å². The van der Waals surface area contributed by atoms with Gasteiger partial charge in [-0.15, -0.1) is 5.10 Å². The van der Waals surface area contributed by atoms with Gasteiger partial charge in [0.05, 0.1) is 25.4 Å². The minimum Gasteiger partial charge on any atom is -0.394 e. The summed E-state index contributed by atoms with van der Waals surface area (Å²) in [7, 11) is 0. The molecular formula is C9H16N4O2S. The van der Waals surface area contributed by atoms with E-state index in [1.54, 1.807) is 16.4 Å². The summed E-state index contributed by atoms with van der Waals surface area (Å²) in [5.74, 6) is 0.871. The number of aliphatic hydroxyl groups is 1. The van der Waals surface area contributed by atoms with E-state index in [1.165, 1.54) is 0 Å². The molecule has 90 valence electrons. The molecule has 0 radical (unpaired) electrons. The van der Waals surface area contributed by atoms with E-state index in [4.69, 9.17) is 9.84 Å². The molecule has 1 aliphatic heterocycles. The van der Waals surface area contributed by atoms with Crippen LogP contribution in [0.1, 0.15) is 19.8 Å². The molecule has 1 saturated heterocycles. The Hall–Kier alpha value is -0.660. The van der Waals surface area contributed by atoms with Crippen LogP contribution >= 0.6 is 11.8 Å². The third-order valence-electron chi connectivity index (χ3n) is 2.53. The second-order valence-electron chi connectivity index (χ2n) is 3.87. The van der Waals surface area contributed by atoms with Gasteiger partial charge in [0, 0.05) is 5.75 Å². The lowest BCUT2D eigenvalue weighted by atomic mass is 10.2. The molecule has 6 nitrogen and oxygen atoms in total. The van der Waals surface area contributed by atoms with Gasteiger partial charge < -0.3 is 9.84 Å². The maximum Gasteiger partial charge on any atom is 0.209 e. The Morgan fingerprint density at radius 1 is 1.56 bits per heavy atom. The van der Waals surface area contributed by atoms with Crippen molar-refractivity contribution in [3.63, 3.8) is 0 Å². The van der Waals surface area contributed by atoms with Gasteiger partial charge in [-0.3, -0.25) is 0 Å². The van der Waals surface area contributed by atoms with Crippen molar-refractivity contribution in [1.82, 2.24) is 20.2 Å². The fraction of sp³-hybridized carbons (Fsp3) is 0.889. The molecule has 2 unspecified atom stereocenters. The number of nitrogens with zero attached hydrogens (tertiary/aromatic N) is 4. The van der Waals surface area contributed by atoms with Crippen LogP contribution in [-0.2, 0) is 11.3 Å². The summed E-state index contributed by atoms with van der Waals surface area (Å²) in [6.07, 6.45) is 2.92. The van der Waals surface area contributed by atoms with Gasteiger partial charge >= 0.3 is 0 Å². The molecule has 1 fully saturated rings. The molecule has 7 heteroatoms. The molecule has 1 aliphatic rings. The summed E-state index contributed by atoms with van der Waals surface area (Å²) in [4.78, 5) is 0. The topological polar surface area (TPSA) is 73.1 Å². The van der Waals surface area contributed by atoms with Gasteiger partial charge in [-0.05, 0) is 30.2 Å². The van der Waals surface area contributed by atoms with Crippen LogP contribution in [0.5, 0.6) is 0 Å². The number of aliphatic hydroxyl groups excluding tert-OH is 1. The fourth-order valence-electron chi connectivity index (χ4n) is 1.71. The second kappa shape index (κ2) is 5.60. The van der Waals surface area contributed by atoms with E-state index in [9.17, 15) is 0 Å². The van der Waals surface area contributed by atoms with Gasteiger partial charge in [0.2, 0.25) is 5.16 Å². The minimum atomic E-state index is 0.0512. The summed E-state index contributed by atoms with van der Waals surface area (Å²) in [6, 6.07) is 0. The van der Waals surface area contributed by atoms with E-state index in [0.29, 0.717) is 18.8 Å². The zero-order valence-electron chi connectivity index (χ0n) is 9.24. The lowest BCUT2D eigenvalue weighted by Crippen LogP contribution is -2.12. The standard InChI is InChI=1S/C9H16N4O2S/c1-7-2-3-8(15-7)6-16-9-10-11-12-13(9)4-5-14/h7-8,14H,2-6H2,1H3. The number of hydrogen-bond acceptors (Lipinski definition) is 6. The molecule has 2 heterocycles. The molecule has 1 aromatic rings. The normalized spacial score (nSPS) is 25.1. The van der Waals surface area contributed by atoms with Gasteiger partial charge in [-0.1, -0.05) is 11.8 Å². The SMILES string of the molecule is CC1CCC(CSc2nnnn2CCO)O1. The molecule has 0 amide bonds. The number of thioether (sulfide) groups is 1. The first-order chi connectivity index (χ1) is 7.79. The molecule has 0 saturated carbocycles. The molecule has 2 rings (SSSR count). The first-order valence-electron chi connectivity index (χ1n) is 5.45. The van der Waals surface area contributed by atoms with Crippen LogP contribution in [0.2, 0.25) is 0 Å². The summed E-state index contributed by atoms with van der Waals surface area (Å²) in [6.45, 7) is 2.59. The molecular weight excluding hydrogens is 228 g/mol. The van der Waals surface area contributed by atoms with Crippen molar-refractivity contribution in [3.8, 4) is 0 Å². The van der Waals surface area contributed by atoms with Crippen molar-refractivity contribution in [2.45, 2.75) is 43.7 Å².